The van der Waals surface area contributed by atoms with Crippen molar-refractivity contribution in [1.82, 2.24) is 25.8 Å². The highest BCUT2D eigenvalue weighted by Gasteiger charge is 2.37. The van der Waals surface area contributed by atoms with Crippen LogP contribution < -0.4 is 20.7 Å². The Kier molecular flexibility index (Phi) is 7.60. The number of hydrogen-bond acceptors (Lipinski definition) is 7. The van der Waals surface area contributed by atoms with E-state index in [0.717, 1.165) is 38.4 Å². The van der Waals surface area contributed by atoms with E-state index in [4.69, 9.17) is 4.74 Å². The smallest absolute Gasteiger partial charge is 0.270 e. The van der Waals surface area contributed by atoms with Crippen LogP contribution in [0.1, 0.15) is 62.9 Å². The summed E-state index contributed by atoms with van der Waals surface area (Å²) >= 11 is 0. The van der Waals surface area contributed by atoms with E-state index in [1.54, 1.807) is 18.3 Å². The number of rotatable bonds is 8. The summed E-state index contributed by atoms with van der Waals surface area (Å²) in [5.41, 5.74) is 0.214. The van der Waals surface area contributed by atoms with E-state index in [1.807, 2.05) is 0 Å². The predicted molar refractivity (Wildman–Crippen MR) is 123 cm³/mol. The second kappa shape index (κ2) is 10.6. The molecular weight excluding hydrogens is 422 g/mol. The predicted octanol–water partition coefficient (Wildman–Crippen LogP) is 1.24. The molecule has 4 rings (SSSR count). The molecule has 1 atom stereocenters. The lowest BCUT2D eigenvalue weighted by atomic mass is 9.85. The second-order valence-electron chi connectivity index (χ2n) is 9.71. The van der Waals surface area contributed by atoms with Crippen LogP contribution in [-0.2, 0) is 9.59 Å². The van der Waals surface area contributed by atoms with Crippen LogP contribution in [0.5, 0.6) is 5.75 Å². The zero-order valence-electron chi connectivity index (χ0n) is 19.5. The lowest BCUT2D eigenvalue weighted by Gasteiger charge is -2.46. The number of ether oxygens (including phenoxy) is 1. The molecule has 33 heavy (non-hydrogen) atoms. The molecule has 0 radical (unpaired) electrons. The Balaban J connectivity index is 1.23. The van der Waals surface area contributed by atoms with Crippen molar-refractivity contribution >= 4 is 17.7 Å². The minimum Gasteiger partial charge on any atom is -0.489 e. The first kappa shape index (κ1) is 23.6. The molecule has 1 aromatic rings. The molecule has 1 saturated carbocycles. The van der Waals surface area contributed by atoms with Crippen molar-refractivity contribution in [2.45, 2.75) is 76.6 Å². The Bertz CT molecular complexity index is 847. The van der Waals surface area contributed by atoms with Crippen molar-refractivity contribution in [1.29, 1.82) is 0 Å². The molecule has 1 unspecified atom stereocenters. The molecule has 3 heterocycles. The number of carbonyl (C=O) groups excluding carboxylic acids is 3. The topological polar surface area (TPSA) is 113 Å². The summed E-state index contributed by atoms with van der Waals surface area (Å²) in [5.74, 6) is 0.188. The van der Waals surface area contributed by atoms with Gasteiger partial charge in [-0.3, -0.25) is 24.6 Å². The average Bonchev–Trinajstić information content (AvgIpc) is 2.77. The van der Waals surface area contributed by atoms with Gasteiger partial charge in [0.25, 0.3) is 5.91 Å². The Labute approximate surface area is 195 Å². The first-order chi connectivity index (χ1) is 15.9. The molecule has 3 amide bonds. The maximum Gasteiger partial charge on any atom is 0.270 e. The third-order valence-electron chi connectivity index (χ3n) is 6.95. The van der Waals surface area contributed by atoms with E-state index in [9.17, 15) is 14.4 Å². The van der Waals surface area contributed by atoms with Gasteiger partial charge in [0.2, 0.25) is 11.8 Å². The number of pyridine rings is 1. The highest BCUT2D eigenvalue weighted by atomic mass is 16.5. The van der Waals surface area contributed by atoms with Gasteiger partial charge in [-0.2, -0.15) is 0 Å². The molecule has 180 valence electrons. The summed E-state index contributed by atoms with van der Waals surface area (Å²) in [7, 11) is 0. The molecule has 9 nitrogen and oxygen atoms in total. The number of nitrogens with one attached hydrogen (secondary N) is 3. The third kappa shape index (κ3) is 6.09. The monoisotopic (exact) mass is 457 g/mol. The fraction of sp³-hybridized carbons (Fsp3) is 0.667. The maximum absolute atomic E-state index is 12.4. The number of imide groups is 1. The van der Waals surface area contributed by atoms with Crippen molar-refractivity contribution in [2.24, 2.45) is 5.92 Å². The third-order valence-corrected chi connectivity index (χ3v) is 6.95. The first-order valence-corrected chi connectivity index (χ1v) is 12.1. The molecule has 1 aromatic heterocycles. The van der Waals surface area contributed by atoms with Gasteiger partial charge >= 0.3 is 0 Å². The Morgan fingerprint density at radius 3 is 2.61 bits per heavy atom. The SMILES string of the molecule is CC(C)N(CC1CCNCC1)C1CC(Oc2ccc(C(=O)NC3CCC(=O)NC3=O)nc2)C1. The molecule has 0 spiro atoms. The summed E-state index contributed by atoms with van der Waals surface area (Å²) < 4.78 is 6.08. The minimum absolute atomic E-state index is 0.161. The normalized spacial score (nSPS) is 26.1. The molecular formula is C24H35N5O4. The summed E-state index contributed by atoms with van der Waals surface area (Å²) in [5, 5.41) is 8.31. The number of nitrogens with zero attached hydrogens (tertiary/aromatic N) is 2. The highest BCUT2D eigenvalue weighted by Crippen LogP contribution is 2.32. The maximum atomic E-state index is 12.4. The van der Waals surface area contributed by atoms with Crippen LogP contribution in [0.25, 0.3) is 0 Å². The van der Waals surface area contributed by atoms with Crippen molar-refractivity contribution in [2.75, 3.05) is 19.6 Å². The van der Waals surface area contributed by atoms with Crippen LogP contribution in [0.3, 0.4) is 0 Å². The van der Waals surface area contributed by atoms with Gasteiger partial charge < -0.3 is 15.4 Å². The van der Waals surface area contributed by atoms with Crippen LogP contribution >= 0.6 is 0 Å². The lowest BCUT2D eigenvalue weighted by Crippen LogP contribution is -2.53. The van der Waals surface area contributed by atoms with Gasteiger partial charge in [-0.05, 0) is 64.3 Å². The van der Waals surface area contributed by atoms with Gasteiger partial charge in [-0.15, -0.1) is 0 Å². The molecule has 3 fully saturated rings. The number of amides is 3. The fourth-order valence-electron chi connectivity index (χ4n) is 4.89. The van der Waals surface area contributed by atoms with E-state index in [1.165, 1.54) is 12.8 Å². The first-order valence-electron chi connectivity index (χ1n) is 12.1. The summed E-state index contributed by atoms with van der Waals surface area (Å²) in [6.45, 7) is 7.97. The number of hydrogen-bond donors (Lipinski definition) is 3. The Morgan fingerprint density at radius 1 is 1.21 bits per heavy atom. The van der Waals surface area contributed by atoms with Gasteiger partial charge in [0.15, 0.2) is 0 Å². The number of carbonyl (C=O) groups is 3. The van der Waals surface area contributed by atoms with Crippen LogP contribution in [0.2, 0.25) is 0 Å². The van der Waals surface area contributed by atoms with Crippen LogP contribution in [0.15, 0.2) is 18.3 Å². The number of aromatic nitrogens is 1. The van der Waals surface area contributed by atoms with E-state index < -0.39 is 17.9 Å². The molecule has 3 aliphatic rings. The molecule has 0 bridgehead atoms. The highest BCUT2D eigenvalue weighted by molar-refractivity contribution is 6.03. The Morgan fingerprint density at radius 2 is 1.97 bits per heavy atom. The summed E-state index contributed by atoms with van der Waals surface area (Å²) in [6.07, 6.45) is 6.74. The van der Waals surface area contributed by atoms with E-state index in [0.29, 0.717) is 24.3 Å². The summed E-state index contributed by atoms with van der Waals surface area (Å²) in [4.78, 5) is 42.3. The van der Waals surface area contributed by atoms with Gasteiger partial charge in [0.1, 0.15) is 23.6 Å². The zero-order chi connectivity index (χ0) is 23.4. The standard InChI is InChI=1S/C24H35N5O4/c1-15(2)29(14-16-7-9-25-10-8-16)17-11-19(12-17)33-18-3-4-20(26-13-18)23(31)27-21-5-6-22(30)28-24(21)32/h3-4,13,15-17,19,21,25H,5-12,14H2,1-2H3,(H,27,31)(H,28,30,32). The number of piperidine rings is 2. The van der Waals surface area contributed by atoms with Gasteiger partial charge in [0, 0.05) is 37.9 Å². The molecule has 1 aliphatic carbocycles. The molecule has 9 heteroatoms. The van der Waals surface area contributed by atoms with E-state index in [2.05, 4.69) is 39.7 Å². The zero-order valence-corrected chi connectivity index (χ0v) is 19.5. The van der Waals surface area contributed by atoms with Crippen LogP contribution in [-0.4, -0.2) is 71.5 Å². The largest absolute Gasteiger partial charge is 0.489 e. The van der Waals surface area contributed by atoms with E-state index >= 15 is 0 Å². The van der Waals surface area contributed by atoms with E-state index in [-0.39, 0.29) is 24.1 Å². The van der Waals surface area contributed by atoms with Crippen molar-refractivity contribution in [3.63, 3.8) is 0 Å². The molecule has 2 aliphatic heterocycles. The van der Waals surface area contributed by atoms with Gasteiger partial charge in [-0.25, -0.2) is 4.98 Å². The molecule has 3 N–H and O–H groups in total. The molecule has 2 saturated heterocycles. The van der Waals surface area contributed by atoms with Crippen molar-refractivity contribution in [3.05, 3.63) is 24.0 Å². The second-order valence-corrected chi connectivity index (χ2v) is 9.71. The average molecular weight is 458 g/mol. The quantitative estimate of drug-likeness (QED) is 0.504. The lowest BCUT2D eigenvalue weighted by molar-refractivity contribution is -0.134. The Hall–Kier alpha value is -2.52. The van der Waals surface area contributed by atoms with Crippen LogP contribution in [0.4, 0.5) is 0 Å². The van der Waals surface area contributed by atoms with Crippen molar-refractivity contribution in [3.8, 4) is 5.75 Å². The van der Waals surface area contributed by atoms with Gasteiger partial charge in [0.05, 0.1) is 6.20 Å². The summed E-state index contributed by atoms with van der Waals surface area (Å²) in [6, 6.07) is 3.71. The van der Waals surface area contributed by atoms with Crippen molar-refractivity contribution < 1.29 is 19.1 Å². The molecule has 0 aromatic carbocycles. The van der Waals surface area contributed by atoms with Gasteiger partial charge in [-0.1, -0.05) is 0 Å². The van der Waals surface area contributed by atoms with Crippen LogP contribution in [0, 0.1) is 5.92 Å². The fourth-order valence-corrected chi connectivity index (χ4v) is 4.89. The minimum atomic E-state index is -0.714.